The van der Waals surface area contributed by atoms with Crippen LogP contribution in [0.3, 0.4) is 0 Å². The van der Waals surface area contributed by atoms with Crippen LogP contribution in [0.2, 0.25) is 0 Å². The maximum Gasteiger partial charge on any atom is 0.318 e. The molecule has 0 saturated heterocycles. The molecule has 110 valence electrons. The zero-order chi connectivity index (χ0) is 14.5. The molecule has 6 heteroatoms. The summed E-state index contributed by atoms with van der Waals surface area (Å²) in [4.78, 5) is 26.1. The van der Waals surface area contributed by atoms with Gasteiger partial charge in [0, 0.05) is 17.0 Å². The topological polar surface area (TPSA) is 69.6 Å². The van der Waals surface area contributed by atoms with Crippen LogP contribution < -0.4 is 5.32 Å². The number of carbonyl (C=O) groups excluding carboxylic acids is 1. The summed E-state index contributed by atoms with van der Waals surface area (Å²) in [5, 5.41) is 13.7. The molecule has 2 rings (SSSR count). The van der Waals surface area contributed by atoms with E-state index in [0.717, 1.165) is 17.7 Å². The predicted molar refractivity (Wildman–Crippen MR) is 77.7 cm³/mol. The molecule has 20 heavy (non-hydrogen) atoms. The summed E-state index contributed by atoms with van der Waals surface area (Å²) >= 11 is 1.63. The van der Waals surface area contributed by atoms with E-state index in [4.69, 9.17) is 5.11 Å². The first kappa shape index (κ1) is 14.8. The van der Waals surface area contributed by atoms with E-state index in [9.17, 15) is 9.59 Å². The zero-order valence-electron chi connectivity index (χ0n) is 11.5. The largest absolute Gasteiger partial charge is 0.481 e. The lowest BCUT2D eigenvalue weighted by Gasteiger charge is -2.25. The van der Waals surface area contributed by atoms with Crippen LogP contribution >= 0.6 is 11.3 Å². The Morgan fingerprint density at radius 3 is 2.80 bits per heavy atom. The molecule has 0 aromatic carbocycles. The van der Waals surface area contributed by atoms with Crippen LogP contribution in [-0.4, -0.2) is 34.1 Å². The smallest absolute Gasteiger partial charge is 0.318 e. The van der Waals surface area contributed by atoms with Crippen molar-refractivity contribution in [1.29, 1.82) is 0 Å². The van der Waals surface area contributed by atoms with E-state index < -0.39 is 5.97 Å². The van der Waals surface area contributed by atoms with Gasteiger partial charge in [-0.05, 0) is 30.7 Å². The van der Waals surface area contributed by atoms with Crippen LogP contribution in [0.15, 0.2) is 17.5 Å². The summed E-state index contributed by atoms with van der Waals surface area (Å²) in [5.41, 5.74) is 0. The number of nitrogens with one attached hydrogen (secondary N) is 1. The van der Waals surface area contributed by atoms with Gasteiger partial charge in [-0.15, -0.1) is 11.3 Å². The van der Waals surface area contributed by atoms with Crippen molar-refractivity contribution >= 4 is 23.3 Å². The van der Waals surface area contributed by atoms with Crippen molar-refractivity contribution in [2.75, 3.05) is 0 Å². The van der Waals surface area contributed by atoms with Gasteiger partial charge in [-0.1, -0.05) is 13.0 Å². The van der Waals surface area contributed by atoms with Crippen molar-refractivity contribution in [1.82, 2.24) is 10.2 Å². The highest BCUT2D eigenvalue weighted by Gasteiger charge is 2.33. The maximum absolute atomic E-state index is 12.3. The number of amides is 2. The van der Waals surface area contributed by atoms with Gasteiger partial charge < -0.3 is 15.3 Å². The van der Waals surface area contributed by atoms with Gasteiger partial charge in [-0.25, -0.2) is 4.79 Å². The number of thiophene rings is 1. The minimum atomic E-state index is -0.881. The van der Waals surface area contributed by atoms with Crippen LogP contribution in [-0.2, 0) is 11.3 Å². The lowest BCUT2D eigenvalue weighted by atomic mass is 10.1. The summed E-state index contributed by atoms with van der Waals surface area (Å²) in [7, 11) is 0. The van der Waals surface area contributed by atoms with Crippen LogP contribution in [0.5, 0.6) is 0 Å². The van der Waals surface area contributed by atoms with Crippen LogP contribution in [0.1, 0.15) is 37.5 Å². The second kappa shape index (κ2) is 6.74. The number of rotatable bonds is 7. The number of carbonyl (C=O) groups is 2. The molecule has 2 amide bonds. The third kappa shape index (κ3) is 4.23. The van der Waals surface area contributed by atoms with E-state index in [-0.39, 0.29) is 18.5 Å². The number of carboxylic acid groups (broad SMARTS) is 1. The molecule has 0 spiro atoms. The Morgan fingerprint density at radius 2 is 2.30 bits per heavy atom. The van der Waals surface area contributed by atoms with Gasteiger partial charge in [0.05, 0.1) is 13.0 Å². The van der Waals surface area contributed by atoms with E-state index in [2.05, 4.69) is 5.32 Å². The second-order valence-corrected chi connectivity index (χ2v) is 6.12. The predicted octanol–water partition coefficient (Wildman–Crippen LogP) is 2.68. The molecule has 1 aromatic rings. The maximum atomic E-state index is 12.3. The fourth-order valence-electron chi connectivity index (χ4n) is 2.09. The highest BCUT2D eigenvalue weighted by atomic mass is 32.1. The summed E-state index contributed by atoms with van der Waals surface area (Å²) in [6.45, 7) is 2.49. The van der Waals surface area contributed by atoms with Gasteiger partial charge in [0.2, 0.25) is 0 Å². The van der Waals surface area contributed by atoms with Gasteiger partial charge in [0.1, 0.15) is 0 Å². The summed E-state index contributed by atoms with van der Waals surface area (Å²) < 4.78 is 0. The Balaban J connectivity index is 1.94. The number of aliphatic carboxylic acids is 1. The molecule has 0 aliphatic heterocycles. The molecule has 1 saturated carbocycles. The molecule has 0 bridgehead atoms. The van der Waals surface area contributed by atoms with E-state index in [1.54, 1.807) is 11.3 Å². The molecule has 1 unspecified atom stereocenters. The Morgan fingerprint density at radius 1 is 1.55 bits per heavy atom. The molecular weight excluding hydrogens is 276 g/mol. The molecule has 5 nitrogen and oxygen atoms in total. The molecule has 1 atom stereocenters. The molecule has 2 N–H and O–H groups in total. The second-order valence-electron chi connectivity index (χ2n) is 5.09. The first-order valence-electron chi connectivity index (χ1n) is 6.91. The van der Waals surface area contributed by atoms with Gasteiger partial charge in [-0.3, -0.25) is 4.79 Å². The quantitative estimate of drug-likeness (QED) is 0.812. The first-order valence-corrected chi connectivity index (χ1v) is 7.79. The van der Waals surface area contributed by atoms with Gasteiger partial charge >= 0.3 is 12.0 Å². The minimum absolute atomic E-state index is 0.0280. The van der Waals surface area contributed by atoms with Crippen LogP contribution in [0.25, 0.3) is 0 Å². The lowest BCUT2D eigenvalue weighted by Crippen LogP contribution is -2.45. The molecule has 1 aliphatic carbocycles. The van der Waals surface area contributed by atoms with E-state index in [1.807, 2.05) is 29.3 Å². The minimum Gasteiger partial charge on any atom is -0.481 e. The summed E-state index contributed by atoms with van der Waals surface area (Å²) in [5.74, 6) is -0.881. The normalized spacial score (nSPS) is 15.7. The van der Waals surface area contributed by atoms with Crippen molar-refractivity contribution < 1.29 is 14.7 Å². The standard InChI is InChI=1S/C14H20N2O3S/c1-2-10(8-13(17)18)15-14(19)16(11-5-6-11)9-12-4-3-7-20-12/h3-4,7,10-11H,2,5-6,8-9H2,1H3,(H,15,19)(H,17,18). The van der Waals surface area contributed by atoms with Gasteiger partial charge in [-0.2, -0.15) is 0 Å². The van der Waals surface area contributed by atoms with Crippen LogP contribution in [0, 0.1) is 0 Å². The van der Waals surface area contributed by atoms with Crippen molar-refractivity contribution in [3.05, 3.63) is 22.4 Å². The Labute approximate surface area is 122 Å². The molecule has 1 heterocycles. The third-order valence-electron chi connectivity index (χ3n) is 3.40. The monoisotopic (exact) mass is 296 g/mol. The van der Waals surface area contributed by atoms with Crippen molar-refractivity contribution in [2.45, 2.75) is 51.2 Å². The third-order valence-corrected chi connectivity index (χ3v) is 4.26. The number of hydrogen-bond donors (Lipinski definition) is 2. The number of hydrogen-bond acceptors (Lipinski definition) is 3. The van der Waals surface area contributed by atoms with E-state index in [1.165, 1.54) is 0 Å². The van der Waals surface area contributed by atoms with Crippen molar-refractivity contribution in [3.8, 4) is 0 Å². The lowest BCUT2D eigenvalue weighted by molar-refractivity contribution is -0.137. The van der Waals surface area contributed by atoms with Crippen molar-refractivity contribution in [2.24, 2.45) is 0 Å². The number of carboxylic acids is 1. The van der Waals surface area contributed by atoms with Gasteiger partial charge in [0.25, 0.3) is 0 Å². The highest BCUT2D eigenvalue weighted by Crippen LogP contribution is 2.29. The Kier molecular flexibility index (Phi) is 5.00. The summed E-state index contributed by atoms with van der Waals surface area (Å²) in [6, 6.07) is 3.85. The molecule has 1 aromatic heterocycles. The number of urea groups is 1. The van der Waals surface area contributed by atoms with E-state index >= 15 is 0 Å². The number of nitrogens with zero attached hydrogens (tertiary/aromatic N) is 1. The summed E-state index contributed by atoms with van der Waals surface area (Å²) in [6.07, 6.45) is 2.67. The van der Waals surface area contributed by atoms with Crippen LogP contribution in [0.4, 0.5) is 4.79 Å². The van der Waals surface area contributed by atoms with Crippen molar-refractivity contribution in [3.63, 3.8) is 0 Å². The molecule has 1 fully saturated rings. The fourth-order valence-corrected chi connectivity index (χ4v) is 2.79. The Bertz CT molecular complexity index is 457. The van der Waals surface area contributed by atoms with E-state index in [0.29, 0.717) is 19.0 Å². The van der Waals surface area contributed by atoms with Gasteiger partial charge in [0.15, 0.2) is 0 Å². The zero-order valence-corrected chi connectivity index (χ0v) is 12.4. The average Bonchev–Trinajstić information content (AvgIpc) is 3.11. The SMILES string of the molecule is CCC(CC(=O)O)NC(=O)N(Cc1cccs1)C1CC1. The fraction of sp³-hybridized carbons (Fsp3) is 0.571. The average molecular weight is 296 g/mol. The highest BCUT2D eigenvalue weighted by molar-refractivity contribution is 7.09. The molecule has 0 radical (unpaired) electrons. The first-order chi connectivity index (χ1) is 9.60. The molecule has 1 aliphatic rings. The Hall–Kier alpha value is -1.56. The molecular formula is C14H20N2O3S.